The molecule has 0 saturated carbocycles. The van der Waals surface area contributed by atoms with Crippen molar-refractivity contribution in [3.63, 3.8) is 0 Å². The molecule has 0 spiro atoms. The second-order valence-electron chi connectivity index (χ2n) is 2.81. The average Bonchev–Trinajstić information content (AvgIpc) is 2.00. The lowest BCUT2D eigenvalue weighted by molar-refractivity contribution is -0.125. The summed E-state index contributed by atoms with van der Waals surface area (Å²) in [5, 5.41) is 0. The van der Waals surface area contributed by atoms with Crippen molar-refractivity contribution in [1.82, 2.24) is 4.90 Å². The highest BCUT2D eigenvalue weighted by Gasteiger charge is 2.12. The van der Waals surface area contributed by atoms with Gasteiger partial charge >= 0.3 is 0 Å². The quantitative estimate of drug-likeness (QED) is 0.588. The molecule has 2 amide bonds. The van der Waals surface area contributed by atoms with Crippen molar-refractivity contribution in [3.05, 3.63) is 11.1 Å². The largest absolute Gasteiger partial charge is 0.366 e. The van der Waals surface area contributed by atoms with Crippen LogP contribution in [-0.4, -0.2) is 30.8 Å². The summed E-state index contributed by atoms with van der Waals surface area (Å²) in [6.45, 7) is 3.13. The maximum atomic E-state index is 11.2. The smallest absolute Gasteiger partial charge is 0.249 e. The average molecular weight is 170 g/mol. The minimum atomic E-state index is -0.553. The summed E-state index contributed by atoms with van der Waals surface area (Å²) >= 11 is 0. The number of carbonyl (C=O) groups is 2. The van der Waals surface area contributed by atoms with Gasteiger partial charge in [-0.15, -0.1) is 0 Å². The molecule has 0 saturated heterocycles. The highest BCUT2D eigenvalue weighted by Crippen LogP contribution is 2.04. The van der Waals surface area contributed by atoms with Crippen LogP contribution < -0.4 is 5.73 Å². The zero-order valence-corrected chi connectivity index (χ0v) is 7.84. The number of rotatable bonds is 2. The summed E-state index contributed by atoms with van der Waals surface area (Å²) in [5.41, 5.74) is 5.72. The van der Waals surface area contributed by atoms with E-state index in [0.717, 1.165) is 0 Å². The van der Waals surface area contributed by atoms with Crippen molar-refractivity contribution in [2.75, 3.05) is 14.1 Å². The van der Waals surface area contributed by atoms with E-state index < -0.39 is 5.91 Å². The molecule has 0 aliphatic rings. The summed E-state index contributed by atoms with van der Waals surface area (Å²) in [5.74, 6) is -0.742. The Balaban J connectivity index is 4.79. The Labute approximate surface area is 72.0 Å². The fourth-order valence-electron chi connectivity index (χ4n) is 0.681. The first kappa shape index (κ1) is 10.7. The van der Waals surface area contributed by atoms with E-state index in [1.54, 1.807) is 27.9 Å². The van der Waals surface area contributed by atoms with Gasteiger partial charge in [0.25, 0.3) is 0 Å². The van der Waals surface area contributed by atoms with Crippen LogP contribution in [0.5, 0.6) is 0 Å². The van der Waals surface area contributed by atoms with Crippen molar-refractivity contribution in [1.29, 1.82) is 0 Å². The molecule has 4 nitrogen and oxygen atoms in total. The molecule has 0 radical (unpaired) electrons. The zero-order valence-electron chi connectivity index (χ0n) is 7.84. The lowest BCUT2D eigenvalue weighted by Gasteiger charge is -2.11. The van der Waals surface area contributed by atoms with E-state index in [4.69, 9.17) is 5.73 Å². The number of hydrogen-bond donors (Lipinski definition) is 1. The van der Waals surface area contributed by atoms with Gasteiger partial charge < -0.3 is 10.6 Å². The highest BCUT2D eigenvalue weighted by molar-refractivity contribution is 6.03. The molecule has 0 heterocycles. The molecule has 0 aromatic carbocycles. The van der Waals surface area contributed by atoms with Crippen LogP contribution in [-0.2, 0) is 9.59 Å². The van der Waals surface area contributed by atoms with E-state index in [9.17, 15) is 9.59 Å². The highest BCUT2D eigenvalue weighted by atomic mass is 16.2. The summed E-state index contributed by atoms with van der Waals surface area (Å²) in [6.07, 6.45) is 0. The number of hydrogen-bond acceptors (Lipinski definition) is 2. The predicted octanol–water partition coefficient (Wildman–Crippen LogP) is -0.104. The molecule has 2 N–H and O–H groups in total. The van der Waals surface area contributed by atoms with Crippen LogP contribution in [0.15, 0.2) is 11.1 Å². The van der Waals surface area contributed by atoms with E-state index in [0.29, 0.717) is 11.1 Å². The minimum absolute atomic E-state index is 0.189. The molecular formula is C8H14N2O2. The third-order valence-electron chi connectivity index (χ3n) is 1.66. The zero-order chi connectivity index (χ0) is 9.89. The molecule has 4 heteroatoms. The standard InChI is InChI=1S/C8H14N2O2/c1-5(7(9)11)6(2)8(12)10(3)4/h1-4H3,(H2,9,11)/b6-5+. The third kappa shape index (κ3) is 2.38. The summed E-state index contributed by atoms with van der Waals surface area (Å²) in [7, 11) is 3.25. The van der Waals surface area contributed by atoms with E-state index in [2.05, 4.69) is 0 Å². The Morgan fingerprint density at radius 1 is 1.08 bits per heavy atom. The van der Waals surface area contributed by atoms with Gasteiger partial charge in [-0.1, -0.05) is 0 Å². The van der Waals surface area contributed by atoms with Gasteiger partial charge in [0.1, 0.15) is 0 Å². The molecule has 0 unspecified atom stereocenters. The van der Waals surface area contributed by atoms with Gasteiger partial charge in [-0.25, -0.2) is 0 Å². The Morgan fingerprint density at radius 2 is 1.50 bits per heavy atom. The van der Waals surface area contributed by atoms with Gasteiger partial charge in [0.15, 0.2) is 0 Å². The Morgan fingerprint density at radius 3 is 1.75 bits per heavy atom. The summed E-state index contributed by atoms with van der Waals surface area (Å²) in [6, 6.07) is 0. The van der Waals surface area contributed by atoms with E-state index in [1.807, 2.05) is 0 Å². The molecular weight excluding hydrogens is 156 g/mol. The monoisotopic (exact) mass is 170 g/mol. The first-order valence-corrected chi connectivity index (χ1v) is 3.56. The molecule has 0 atom stereocenters. The topological polar surface area (TPSA) is 63.4 Å². The van der Waals surface area contributed by atoms with Crippen LogP contribution in [0.4, 0.5) is 0 Å². The van der Waals surface area contributed by atoms with Crippen molar-refractivity contribution in [2.45, 2.75) is 13.8 Å². The van der Waals surface area contributed by atoms with Gasteiger partial charge in [-0.05, 0) is 13.8 Å². The Kier molecular flexibility index (Phi) is 3.47. The van der Waals surface area contributed by atoms with Crippen molar-refractivity contribution in [3.8, 4) is 0 Å². The normalized spacial score (nSPS) is 12.0. The predicted molar refractivity (Wildman–Crippen MR) is 46.3 cm³/mol. The fraction of sp³-hybridized carbons (Fsp3) is 0.500. The molecule has 0 rings (SSSR count). The first-order chi connectivity index (χ1) is 5.37. The van der Waals surface area contributed by atoms with Crippen LogP contribution in [0, 0.1) is 0 Å². The van der Waals surface area contributed by atoms with Gasteiger partial charge in [0, 0.05) is 25.2 Å². The minimum Gasteiger partial charge on any atom is -0.366 e. The van der Waals surface area contributed by atoms with Gasteiger partial charge in [-0.3, -0.25) is 9.59 Å². The number of nitrogens with two attached hydrogens (primary N) is 1. The Hall–Kier alpha value is -1.32. The van der Waals surface area contributed by atoms with Crippen LogP contribution in [0.25, 0.3) is 0 Å². The fourth-order valence-corrected chi connectivity index (χ4v) is 0.681. The molecule has 0 aromatic rings. The number of primary amides is 1. The van der Waals surface area contributed by atoms with Gasteiger partial charge in [-0.2, -0.15) is 0 Å². The van der Waals surface area contributed by atoms with Crippen LogP contribution >= 0.6 is 0 Å². The van der Waals surface area contributed by atoms with Crippen molar-refractivity contribution >= 4 is 11.8 Å². The molecule has 0 aliphatic heterocycles. The van der Waals surface area contributed by atoms with Gasteiger partial charge in [0.2, 0.25) is 11.8 Å². The van der Waals surface area contributed by atoms with Crippen LogP contribution in [0.3, 0.4) is 0 Å². The second-order valence-corrected chi connectivity index (χ2v) is 2.81. The van der Waals surface area contributed by atoms with E-state index in [1.165, 1.54) is 4.90 Å². The number of carbonyl (C=O) groups excluding carboxylic acids is 2. The van der Waals surface area contributed by atoms with Crippen LogP contribution in [0.1, 0.15) is 13.8 Å². The molecule has 68 valence electrons. The Bertz CT molecular complexity index is 241. The third-order valence-corrected chi connectivity index (χ3v) is 1.66. The van der Waals surface area contributed by atoms with Crippen LogP contribution in [0.2, 0.25) is 0 Å². The van der Waals surface area contributed by atoms with Crippen molar-refractivity contribution in [2.24, 2.45) is 5.73 Å². The van der Waals surface area contributed by atoms with E-state index >= 15 is 0 Å². The maximum absolute atomic E-state index is 11.2. The molecule has 12 heavy (non-hydrogen) atoms. The SMILES string of the molecule is C/C(C(N)=O)=C(/C)C(=O)N(C)C. The molecule has 0 fully saturated rings. The lowest BCUT2D eigenvalue weighted by Crippen LogP contribution is -2.25. The first-order valence-electron chi connectivity index (χ1n) is 3.56. The second kappa shape index (κ2) is 3.90. The number of likely N-dealkylation sites (N-methyl/N-ethyl adjacent to an activating group) is 1. The molecule has 0 bridgehead atoms. The van der Waals surface area contributed by atoms with E-state index in [-0.39, 0.29) is 5.91 Å². The lowest BCUT2D eigenvalue weighted by atomic mass is 10.1. The molecule has 0 aromatic heterocycles. The summed E-state index contributed by atoms with van der Waals surface area (Å²) in [4.78, 5) is 23.3. The number of nitrogens with zero attached hydrogens (tertiary/aromatic N) is 1. The maximum Gasteiger partial charge on any atom is 0.249 e. The number of amides is 2. The van der Waals surface area contributed by atoms with Gasteiger partial charge in [0.05, 0.1) is 0 Å². The summed E-state index contributed by atoms with van der Waals surface area (Å²) < 4.78 is 0. The van der Waals surface area contributed by atoms with Crippen molar-refractivity contribution < 1.29 is 9.59 Å². The molecule has 0 aliphatic carbocycles.